The fraction of sp³-hybridized carbons (Fsp3) is 0.425. The molecule has 1 aliphatic rings. The molecule has 0 amide bonds. The van der Waals surface area contributed by atoms with Gasteiger partial charge in [0.2, 0.25) is 0 Å². The second kappa shape index (κ2) is 18.3. The average molecular weight is 761 g/mol. The van der Waals surface area contributed by atoms with Gasteiger partial charge in [0, 0.05) is 31.5 Å². The molecule has 0 aliphatic carbocycles. The van der Waals surface area contributed by atoms with Crippen molar-refractivity contribution in [3.8, 4) is 17.6 Å². The minimum atomic E-state index is -1.89. The van der Waals surface area contributed by atoms with Gasteiger partial charge in [0.15, 0.2) is 6.23 Å². The van der Waals surface area contributed by atoms with Gasteiger partial charge in [-0.2, -0.15) is 5.26 Å². The van der Waals surface area contributed by atoms with Gasteiger partial charge in [0.05, 0.1) is 38.7 Å². The summed E-state index contributed by atoms with van der Waals surface area (Å²) in [5.74, 6) is 1.26. The highest BCUT2D eigenvalue weighted by Gasteiger charge is 2.58. The molecular weight excluding hydrogens is 711 g/mol. The molecule has 4 aromatic rings. The predicted molar refractivity (Wildman–Crippen MR) is 204 cm³/mol. The van der Waals surface area contributed by atoms with E-state index in [2.05, 4.69) is 15.7 Å². The highest BCUT2D eigenvalue weighted by atomic mass is 31.2. The number of nitriles is 1. The first-order valence-electron chi connectivity index (χ1n) is 17.8. The summed E-state index contributed by atoms with van der Waals surface area (Å²) in [7, 11) is 2.76. The van der Waals surface area contributed by atoms with Crippen LogP contribution < -0.4 is 20.7 Å². The van der Waals surface area contributed by atoms with Crippen LogP contribution in [0.25, 0.3) is 0 Å². The zero-order chi connectivity index (χ0) is 39.0. The van der Waals surface area contributed by atoms with Crippen molar-refractivity contribution >= 4 is 8.53 Å². The number of aromatic amines is 1. The standard InChI is InChI=1S/C40H49N4O9P/c1-26(2)44(27(3)4)54(51-25-11-23-41)53-34-35(52-38(36(34)50-7)43-24-22-33(45)42-39(43)47)37(46)40(28-12-9-8-10-13-28,29-14-18-31(48-5)19-15-29)30-16-20-32(49-6)21-17-30/h8-10,12-22,24,26-27,34-38,46H,11,25H2,1-7H3,(H,42,45,47)/t34-,35+,36-,37?,38-,54?/m1/s1. The largest absolute Gasteiger partial charge is 0.497 e. The molecule has 0 bridgehead atoms. The lowest BCUT2D eigenvalue weighted by atomic mass is 9.64. The Morgan fingerprint density at radius 3 is 1.91 bits per heavy atom. The molecule has 13 nitrogen and oxygen atoms in total. The maximum Gasteiger partial charge on any atom is 0.330 e. The van der Waals surface area contributed by atoms with Crippen LogP contribution in [0.15, 0.2) is 101 Å². The Balaban J connectivity index is 1.78. The van der Waals surface area contributed by atoms with Gasteiger partial charge in [-0.25, -0.2) is 9.46 Å². The van der Waals surface area contributed by atoms with Crippen molar-refractivity contribution in [2.45, 2.75) is 82.3 Å². The highest BCUT2D eigenvalue weighted by Crippen LogP contribution is 2.53. The summed E-state index contributed by atoms with van der Waals surface area (Å²) in [6.45, 7) is 8.19. The number of hydrogen-bond donors (Lipinski definition) is 2. The number of H-pyrrole nitrogens is 1. The quantitative estimate of drug-likeness (QED) is 0.0793. The third-order valence-electron chi connectivity index (χ3n) is 9.57. The molecule has 1 saturated heterocycles. The van der Waals surface area contributed by atoms with Crippen molar-refractivity contribution in [3.05, 3.63) is 129 Å². The smallest absolute Gasteiger partial charge is 0.330 e. The second-order valence-electron chi connectivity index (χ2n) is 13.4. The van der Waals surface area contributed by atoms with Crippen LogP contribution in [0.5, 0.6) is 11.5 Å². The lowest BCUT2D eigenvalue weighted by Crippen LogP contribution is -2.53. The van der Waals surface area contributed by atoms with Crippen molar-refractivity contribution in [2.24, 2.45) is 0 Å². The van der Waals surface area contributed by atoms with Crippen LogP contribution in [-0.2, 0) is 23.9 Å². The van der Waals surface area contributed by atoms with Gasteiger partial charge in [-0.15, -0.1) is 0 Å². The minimum Gasteiger partial charge on any atom is -0.497 e. The van der Waals surface area contributed by atoms with E-state index >= 15 is 0 Å². The number of methoxy groups -OCH3 is 3. The Morgan fingerprint density at radius 2 is 1.43 bits per heavy atom. The number of aliphatic hydroxyl groups excluding tert-OH is 1. The van der Waals surface area contributed by atoms with Crippen molar-refractivity contribution in [2.75, 3.05) is 27.9 Å². The number of rotatable bonds is 17. The fourth-order valence-electron chi connectivity index (χ4n) is 7.21. The number of hydrogen-bond acceptors (Lipinski definition) is 11. The molecule has 2 heterocycles. The monoisotopic (exact) mass is 760 g/mol. The Labute approximate surface area is 316 Å². The van der Waals surface area contributed by atoms with E-state index in [0.29, 0.717) is 22.6 Å². The number of nitrogens with one attached hydrogen (secondary N) is 1. The van der Waals surface area contributed by atoms with Crippen LogP contribution in [0, 0.1) is 11.3 Å². The van der Waals surface area contributed by atoms with Gasteiger partial charge in [0.1, 0.15) is 35.9 Å². The van der Waals surface area contributed by atoms with E-state index in [1.807, 2.05) is 107 Å². The molecule has 14 heteroatoms. The summed E-state index contributed by atoms with van der Waals surface area (Å²) in [5.41, 5.74) is -0.448. The molecule has 54 heavy (non-hydrogen) atoms. The van der Waals surface area contributed by atoms with E-state index < -0.39 is 55.8 Å². The van der Waals surface area contributed by atoms with Crippen molar-refractivity contribution in [1.82, 2.24) is 14.2 Å². The van der Waals surface area contributed by atoms with Crippen LogP contribution in [0.4, 0.5) is 0 Å². The van der Waals surface area contributed by atoms with Crippen molar-refractivity contribution in [1.29, 1.82) is 5.26 Å². The van der Waals surface area contributed by atoms with Crippen LogP contribution >= 0.6 is 8.53 Å². The Bertz CT molecular complexity index is 1890. The first-order valence-corrected chi connectivity index (χ1v) is 18.9. The summed E-state index contributed by atoms with van der Waals surface area (Å²) in [5, 5.41) is 22.7. The number of benzene rings is 3. The van der Waals surface area contributed by atoms with E-state index in [0.717, 1.165) is 5.56 Å². The minimum absolute atomic E-state index is 0.0375. The summed E-state index contributed by atoms with van der Waals surface area (Å²) in [6.07, 6.45) is -4.33. The normalized spacial score (nSPS) is 19.9. The predicted octanol–water partition coefficient (Wildman–Crippen LogP) is 5.52. The van der Waals surface area contributed by atoms with Gasteiger partial charge < -0.3 is 33.1 Å². The number of aromatic nitrogens is 2. The first-order chi connectivity index (χ1) is 26.0. The number of aliphatic hydroxyl groups is 1. The van der Waals surface area contributed by atoms with Gasteiger partial charge in [-0.05, 0) is 68.7 Å². The zero-order valence-electron chi connectivity index (χ0n) is 31.6. The topological polar surface area (TPSA) is 158 Å². The average Bonchev–Trinajstić information content (AvgIpc) is 3.53. The first kappa shape index (κ1) is 40.8. The highest BCUT2D eigenvalue weighted by molar-refractivity contribution is 7.44. The second-order valence-corrected chi connectivity index (χ2v) is 14.8. The molecule has 0 saturated carbocycles. The van der Waals surface area contributed by atoms with Gasteiger partial charge in [-0.3, -0.25) is 14.3 Å². The van der Waals surface area contributed by atoms with Gasteiger partial charge >= 0.3 is 5.69 Å². The van der Waals surface area contributed by atoms with E-state index in [4.69, 9.17) is 28.0 Å². The summed E-state index contributed by atoms with van der Waals surface area (Å²) < 4.78 is 40.6. The molecule has 2 unspecified atom stereocenters. The molecule has 1 aliphatic heterocycles. The summed E-state index contributed by atoms with van der Waals surface area (Å²) in [6, 6.07) is 27.8. The Kier molecular flexibility index (Phi) is 13.8. The van der Waals surface area contributed by atoms with E-state index in [9.17, 15) is 20.0 Å². The Hall–Kier alpha value is -4.38. The third-order valence-corrected chi connectivity index (χ3v) is 11.7. The number of nitrogens with zero attached hydrogens (tertiary/aromatic N) is 3. The third kappa shape index (κ3) is 8.31. The van der Waals surface area contributed by atoms with E-state index in [1.165, 1.54) is 23.9 Å². The molecule has 0 spiro atoms. The molecule has 1 fully saturated rings. The molecular formula is C40H49N4O9P. The van der Waals surface area contributed by atoms with E-state index in [1.54, 1.807) is 14.2 Å². The van der Waals surface area contributed by atoms with Crippen LogP contribution in [0.3, 0.4) is 0 Å². The summed E-state index contributed by atoms with van der Waals surface area (Å²) >= 11 is 0. The van der Waals surface area contributed by atoms with Crippen molar-refractivity contribution < 1.29 is 33.1 Å². The lowest BCUT2D eigenvalue weighted by molar-refractivity contribution is -0.0989. The van der Waals surface area contributed by atoms with Crippen LogP contribution in [0.1, 0.15) is 57.0 Å². The Morgan fingerprint density at radius 1 is 0.870 bits per heavy atom. The SMILES string of the molecule is COc1ccc(C(c2ccccc2)(c2ccc(OC)cc2)C(O)[C@H]2O[C@@H](n3ccc(=O)[nH]c3=O)[C@H](OC)[C@@H]2OP(OCCC#N)N(C(C)C)C(C)C)cc1. The molecule has 2 N–H and O–H groups in total. The van der Waals surface area contributed by atoms with Gasteiger partial charge in [-0.1, -0.05) is 54.6 Å². The fourth-order valence-corrected chi connectivity index (χ4v) is 8.96. The number of ether oxygens (including phenoxy) is 4. The summed E-state index contributed by atoms with van der Waals surface area (Å²) in [4.78, 5) is 27.8. The molecule has 5 rings (SSSR count). The van der Waals surface area contributed by atoms with Crippen LogP contribution in [0.2, 0.25) is 0 Å². The zero-order valence-corrected chi connectivity index (χ0v) is 32.5. The molecule has 3 aromatic carbocycles. The van der Waals surface area contributed by atoms with E-state index in [-0.39, 0.29) is 25.1 Å². The lowest BCUT2D eigenvalue weighted by Gasteiger charge is -2.44. The van der Waals surface area contributed by atoms with Gasteiger partial charge in [0.25, 0.3) is 14.1 Å². The molecule has 6 atom stereocenters. The molecule has 1 aromatic heterocycles. The van der Waals surface area contributed by atoms with Crippen molar-refractivity contribution in [3.63, 3.8) is 0 Å². The maximum absolute atomic E-state index is 13.4. The molecule has 0 radical (unpaired) electrons. The maximum atomic E-state index is 13.4. The molecule has 288 valence electrons. The van der Waals surface area contributed by atoms with Crippen LogP contribution in [-0.4, -0.2) is 83.8 Å².